The van der Waals surface area contributed by atoms with Crippen LogP contribution in [-0.4, -0.2) is 5.91 Å². The van der Waals surface area contributed by atoms with E-state index in [9.17, 15) is 4.79 Å². The smallest absolute Gasteiger partial charge is 0.265 e. The SMILES string of the molecule is Cc1cc(C(=O)Nc2ccc(Br)cc2Br)sc1C. The molecular weight excluding hydrogens is 378 g/mol. The fourth-order valence-electron chi connectivity index (χ4n) is 1.46. The van der Waals surface area contributed by atoms with E-state index in [0.717, 1.165) is 25.1 Å². The highest BCUT2D eigenvalue weighted by molar-refractivity contribution is 9.11. The summed E-state index contributed by atoms with van der Waals surface area (Å²) in [7, 11) is 0. The minimum atomic E-state index is -0.0702. The first-order valence-electron chi connectivity index (χ1n) is 5.31. The maximum atomic E-state index is 12.1. The fraction of sp³-hybridized carbons (Fsp3) is 0.154. The minimum absolute atomic E-state index is 0.0702. The van der Waals surface area contributed by atoms with Gasteiger partial charge in [-0.2, -0.15) is 0 Å². The topological polar surface area (TPSA) is 29.1 Å². The molecular formula is C13H11Br2NOS. The van der Waals surface area contributed by atoms with Gasteiger partial charge in [0.2, 0.25) is 0 Å². The second kappa shape index (κ2) is 5.55. The molecule has 0 aliphatic heterocycles. The summed E-state index contributed by atoms with van der Waals surface area (Å²) in [5, 5.41) is 2.90. The van der Waals surface area contributed by atoms with Crippen LogP contribution in [0.25, 0.3) is 0 Å². The molecule has 0 spiro atoms. The van der Waals surface area contributed by atoms with Crippen molar-refractivity contribution in [2.45, 2.75) is 13.8 Å². The molecule has 18 heavy (non-hydrogen) atoms. The predicted molar refractivity (Wildman–Crippen MR) is 83.6 cm³/mol. The van der Waals surface area contributed by atoms with E-state index in [-0.39, 0.29) is 5.91 Å². The average Bonchev–Trinajstić information content (AvgIpc) is 2.63. The molecule has 1 N–H and O–H groups in total. The van der Waals surface area contributed by atoms with Gasteiger partial charge in [-0.3, -0.25) is 4.79 Å². The zero-order chi connectivity index (χ0) is 13.3. The molecule has 94 valence electrons. The van der Waals surface area contributed by atoms with Gasteiger partial charge in [0, 0.05) is 13.8 Å². The molecule has 0 saturated heterocycles. The van der Waals surface area contributed by atoms with Crippen LogP contribution in [0.15, 0.2) is 33.2 Å². The van der Waals surface area contributed by atoms with Gasteiger partial charge in [0.15, 0.2) is 0 Å². The van der Waals surface area contributed by atoms with Crippen LogP contribution in [0.1, 0.15) is 20.1 Å². The molecule has 0 aliphatic rings. The summed E-state index contributed by atoms with van der Waals surface area (Å²) < 4.78 is 1.82. The normalized spacial score (nSPS) is 10.4. The minimum Gasteiger partial charge on any atom is -0.320 e. The van der Waals surface area contributed by atoms with Crippen molar-refractivity contribution in [3.05, 3.63) is 48.5 Å². The lowest BCUT2D eigenvalue weighted by molar-refractivity contribution is 0.103. The number of halogens is 2. The highest BCUT2D eigenvalue weighted by atomic mass is 79.9. The zero-order valence-electron chi connectivity index (χ0n) is 9.88. The summed E-state index contributed by atoms with van der Waals surface area (Å²) in [6.07, 6.45) is 0. The van der Waals surface area contributed by atoms with Crippen molar-refractivity contribution < 1.29 is 4.79 Å². The van der Waals surface area contributed by atoms with Crippen LogP contribution in [0.3, 0.4) is 0 Å². The molecule has 0 aliphatic carbocycles. The highest BCUT2D eigenvalue weighted by Gasteiger charge is 2.12. The first-order valence-corrected chi connectivity index (χ1v) is 7.71. The van der Waals surface area contributed by atoms with E-state index < -0.39 is 0 Å². The predicted octanol–water partition coefficient (Wildman–Crippen LogP) is 5.14. The van der Waals surface area contributed by atoms with Crippen LogP contribution in [0, 0.1) is 13.8 Å². The third-order valence-electron chi connectivity index (χ3n) is 2.57. The Bertz CT molecular complexity index is 588. The third kappa shape index (κ3) is 3.02. The number of hydrogen-bond acceptors (Lipinski definition) is 2. The molecule has 1 amide bonds. The van der Waals surface area contributed by atoms with Crippen molar-refractivity contribution in [2.75, 3.05) is 5.32 Å². The van der Waals surface area contributed by atoms with Crippen LogP contribution in [-0.2, 0) is 0 Å². The number of benzene rings is 1. The quantitative estimate of drug-likeness (QED) is 0.757. The van der Waals surface area contributed by atoms with Crippen molar-refractivity contribution >= 4 is 54.8 Å². The second-order valence-electron chi connectivity index (χ2n) is 3.93. The molecule has 1 aromatic heterocycles. The summed E-state index contributed by atoms with van der Waals surface area (Å²) in [4.78, 5) is 14.0. The fourth-order valence-corrected chi connectivity index (χ4v) is 3.54. The molecule has 1 aromatic carbocycles. The summed E-state index contributed by atoms with van der Waals surface area (Å²) >= 11 is 8.32. The Hall–Kier alpha value is -0.650. The molecule has 1 heterocycles. The lowest BCUT2D eigenvalue weighted by Gasteiger charge is -2.06. The van der Waals surface area contributed by atoms with E-state index in [2.05, 4.69) is 37.2 Å². The number of anilines is 1. The van der Waals surface area contributed by atoms with Gasteiger partial charge in [-0.25, -0.2) is 0 Å². The van der Waals surface area contributed by atoms with Crippen molar-refractivity contribution in [2.24, 2.45) is 0 Å². The monoisotopic (exact) mass is 387 g/mol. The van der Waals surface area contributed by atoms with Crippen LogP contribution >= 0.6 is 43.2 Å². The lowest BCUT2D eigenvalue weighted by Crippen LogP contribution is -2.10. The van der Waals surface area contributed by atoms with Gasteiger partial charge in [0.05, 0.1) is 10.6 Å². The van der Waals surface area contributed by atoms with Gasteiger partial charge in [-0.05, 0) is 59.6 Å². The van der Waals surface area contributed by atoms with Crippen LogP contribution in [0.5, 0.6) is 0 Å². The van der Waals surface area contributed by atoms with E-state index in [4.69, 9.17) is 0 Å². The molecule has 2 aromatic rings. The van der Waals surface area contributed by atoms with Crippen molar-refractivity contribution in [1.82, 2.24) is 0 Å². The number of amides is 1. The van der Waals surface area contributed by atoms with Gasteiger partial charge in [0.25, 0.3) is 5.91 Å². The van der Waals surface area contributed by atoms with Crippen molar-refractivity contribution in [3.8, 4) is 0 Å². The summed E-state index contributed by atoms with van der Waals surface area (Å²) in [6, 6.07) is 7.58. The Morgan fingerprint density at radius 1 is 1.22 bits per heavy atom. The van der Waals surface area contributed by atoms with Gasteiger partial charge in [0.1, 0.15) is 0 Å². The van der Waals surface area contributed by atoms with Gasteiger partial charge < -0.3 is 5.32 Å². The van der Waals surface area contributed by atoms with Gasteiger partial charge in [-0.15, -0.1) is 11.3 Å². The number of nitrogens with one attached hydrogen (secondary N) is 1. The standard InChI is InChI=1S/C13H11Br2NOS/c1-7-5-12(18-8(7)2)13(17)16-11-4-3-9(14)6-10(11)15/h3-6H,1-2H3,(H,16,17). The molecule has 0 unspecified atom stereocenters. The molecule has 2 nitrogen and oxygen atoms in total. The maximum Gasteiger partial charge on any atom is 0.265 e. The van der Waals surface area contributed by atoms with E-state index in [1.807, 2.05) is 38.1 Å². The zero-order valence-corrected chi connectivity index (χ0v) is 13.9. The number of thiophene rings is 1. The maximum absolute atomic E-state index is 12.1. The summed E-state index contributed by atoms with van der Waals surface area (Å²) in [6.45, 7) is 4.03. The molecule has 0 fully saturated rings. The van der Waals surface area contributed by atoms with Crippen LogP contribution < -0.4 is 5.32 Å². The third-order valence-corrected chi connectivity index (χ3v) is 4.87. The second-order valence-corrected chi connectivity index (χ2v) is 6.95. The first-order chi connectivity index (χ1) is 8.47. The van der Waals surface area contributed by atoms with Gasteiger partial charge >= 0.3 is 0 Å². The highest BCUT2D eigenvalue weighted by Crippen LogP contribution is 2.28. The number of hydrogen-bond donors (Lipinski definition) is 1. The Kier molecular flexibility index (Phi) is 4.25. The van der Waals surface area contributed by atoms with E-state index in [1.54, 1.807) is 0 Å². The molecule has 0 radical (unpaired) electrons. The molecule has 2 rings (SSSR count). The Morgan fingerprint density at radius 2 is 1.94 bits per heavy atom. The lowest BCUT2D eigenvalue weighted by atomic mass is 10.2. The molecule has 0 saturated carbocycles. The Morgan fingerprint density at radius 3 is 2.50 bits per heavy atom. The number of aryl methyl sites for hydroxylation is 2. The molecule has 0 atom stereocenters. The van der Waals surface area contributed by atoms with Crippen molar-refractivity contribution in [1.29, 1.82) is 0 Å². The van der Waals surface area contributed by atoms with E-state index in [1.165, 1.54) is 16.2 Å². The summed E-state index contributed by atoms with van der Waals surface area (Å²) in [5.74, 6) is -0.0702. The Balaban J connectivity index is 2.21. The van der Waals surface area contributed by atoms with E-state index in [0.29, 0.717) is 0 Å². The number of rotatable bonds is 2. The number of carbonyl (C=O) groups excluding carboxylic acids is 1. The van der Waals surface area contributed by atoms with Gasteiger partial charge in [-0.1, -0.05) is 15.9 Å². The van der Waals surface area contributed by atoms with Crippen LogP contribution in [0.4, 0.5) is 5.69 Å². The van der Waals surface area contributed by atoms with E-state index >= 15 is 0 Å². The largest absolute Gasteiger partial charge is 0.320 e. The summed E-state index contributed by atoms with van der Waals surface area (Å²) in [5.41, 5.74) is 1.92. The van der Waals surface area contributed by atoms with Crippen molar-refractivity contribution in [3.63, 3.8) is 0 Å². The van der Waals surface area contributed by atoms with Crippen LogP contribution in [0.2, 0.25) is 0 Å². The molecule has 5 heteroatoms. The molecule has 0 bridgehead atoms. The number of carbonyl (C=O) groups is 1. The Labute approximate surface area is 127 Å². The average molecular weight is 389 g/mol. The first kappa shape index (κ1) is 13.8.